The number of amides is 3. The molecule has 2 aromatic rings. The number of rotatable bonds is 7. The van der Waals surface area contributed by atoms with Crippen LogP contribution in [0, 0.1) is 19.8 Å². The molecule has 27 heavy (non-hydrogen) atoms. The van der Waals surface area contributed by atoms with Crippen molar-refractivity contribution in [3.8, 4) is 0 Å². The average Bonchev–Trinajstić information content (AvgIpc) is 3.15. The molecule has 0 bridgehead atoms. The standard InChI is InChI=1S/C20H25N3O4/c1-12(2)17(23-19(25)15-9-6-10-27-15)20(26)21-11-16(24)22-18-13(3)7-5-8-14(18)4/h5-10,12,17H,11H2,1-4H3,(H,21,26)(H,22,24)(H,23,25)/t17-/m0/s1. The number of hydrogen-bond donors (Lipinski definition) is 3. The van der Waals surface area contributed by atoms with Gasteiger partial charge in [-0.15, -0.1) is 0 Å². The lowest BCUT2D eigenvalue weighted by molar-refractivity contribution is -0.126. The lowest BCUT2D eigenvalue weighted by atomic mass is 10.0. The molecule has 0 fully saturated rings. The van der Waals surface area contributed by atoms with Crippen LogP contribution in [0.15, 0.2) is 41.0 Å². The fraction of sp³-hybridized carbons (Fsp3) is 0.350. The molecule has 1 atom stereocenters. The number of anilines is 1. The molecule has 0 aliphatic carbocycles. The van der Waals surface area contributed by atoms with Crippen molar-refractivity contribution in [2.24, 2.45) is 5.92 Å². The maximum Gasteiger partial charge on any atom is 0.287 e. The monoisotopic (exact) mass is 371 g/mol. The van der Waals surface area contributed by atoms with Gasteiger partial charge in [0.2, 0.25) is 11.8 Å². The quantitative estimate of drug-likeness (QED) is 0.696. The van der Waals surface area contributed by atoms with Crippen LogP contribution in [-0.4, -0.2) is 30.3 Å². The van der Waals surface area contributed by atoms with Gasteiger partial charge in [-0.25, -0.2) is 0 Å². The summed E-state index contributed by atoms with van der Waals surface area (Å²) in [5, 5.41) is 8.02. The van der Waals surface area contributed by atoms with E-state index in [0.29, 0.717) is 0 Å². The first-order valence-corrected chi connectivity index (χ1v) is 8.77. The summed E-state index contributed by atoms with van der Waals surface area (Å²) in [5.41, 5.74) is 2.63. The lowest BCUT2D eigenvalue weighted by Crippen LogP contribution is -2.51. The molecule has 0 spiro atoms. The summed E-state index contributed by atoms with van der Waals surface area (Å²) < 4.78 is 5.03. The fourth-order valence-electron chi connectivity index (χ4n) is 2.63. The molecule has 0 aliphatic heterocycles. The Morgan fingerprint density at radius 3 is 2.26 bits per heavy atom. The Morgan fingerprint density at radius 1 is 1.04 bits per heavy atom. The van der Waals surface area contributed by atoms with Crippen LogP contribution in [0.2, 0.25) is 0 Å². The summed E-state index contributed by atoms with van der Waals surface area (Å²) in [5.74, 6) is -1.28. The number of nitrogens with one attached hydrogen (secondary N) is 3. The Balaban J connectivity index is 1.93. The van der Waals surface area contributed by atoms with Gasteiger partial charge in [0.25, 0.3) is 5.91 Å². The maximum atomic E-state index is 12.4. The minimum atomic E-state index is -0.782. The van der Waals surface area contributed by atoms with Crippen LogP contribution in [0.1, 0.15) is 35.5 Å². The molecule has 7 nitrogen and oxygen atoms in total. The first kappa shape index (κ1) is 20.2. The Morgan fingerprint density at radius 2 is 1.70 bits per heavy atom. The molecular formula is C20H25N3O4. The van der Waals surface area contributed by atoms with E-state index in [0.717, 1.165) is 16.8 Å². The summed E-state index contributed by atoms with van der Waals surface area (Å²) in [6, 6.07) is 8.05. The van der Waals surface area contributed by atoms with Gasteiger partial charge in [-0.3, -0.25) is 14.4 Å². The van der Waals surface area contributed by atoms with E-state index in [2.05, 4.69) is 16.0 Å². The molecule has 1 aromatic heterocycles. The molecule has 0 radical (unpaired) electrons. The second-order valence-electron chi connectivity index (χ2n) is 6.71. The SMILES string of the molecule is Cc1cccc(C)c1NC(=O)CNC(=O)[C@@H](NC(=O)c1ccco1)C(C)C. The third-order valence-corrected chi connectivity index (χ3v) is 4.15. The minimum Gasteiger partial charge on any atom is -0.459 e. The number of carbonyl (C=O) groups is 3. The number of para-hydroxylation sites is 1. The van der Waals surface area contributed by atoms with Gasteiger partial charge < -0.3 is 20.4 Å². The van der Waals surface area contributed by atoms with Gasteiger partial charge in [-0.1, -0.05) is 32.0 Å². The van der Waals surface area contributed by atoms with E-state index in [1.165, 1.54) is 12.3 Å². The minimum absolute atomic E-state index is 0.126. The summed E-state index contributed by atoms with van der Waals surface area (Å²) in [7, 11) is 0. The number of carbonyl (C=O) groups excluding carboxylic acids is 3. The molecule has 2 rings (SSSR count). The zero-order valence-electron chi connectivity index (χ0n) is 16.0. The Kier molecular flexibility index (Phi) is 6.76. The summed E-state index contributed by atoms with van der Waals surface area (Å²) in [6.07, 6.45) is 1.39. The molecule has 7 heteroatoms. The highest BCUT2D eigenvalue weighted by Crippen LogP contribution is 2.19. The van der Waals surface area contributed by atoms with Gasteiger partial charge >= 0.3 is 0 Å². The van der Waals surface area contributed by atoms with Gasteiger partial charge in [0.1, 0.15) is 6.04 Å². The highest BCUT2D eigenvalue weighted by molar-refractivity contribution is 5.98. The van der Waals surface area contributed by atoms with E-state index in [1.54, 1.807) is 6.07 Å². The molecule has 1 heterocycles. The van der Waals surface area contributed by atoms with E-state index in [4.69, 9.17) is 4.42 Å². The molecule has 0 saturated carbocycles. The van der Waals surface area contributed by atoms with Crippen molar-refractivity contribution in [2.75, 3.05) is 11.9 Å². The van der Waals surface area contributed by atoms with Crippen LogP contribution in [0.5, 0.6) is 0 Å². The summed E-state index contributed by atoms with van der Waals surface area (Å²) >= 11 is 0. The molecule has 144 valence electrons. The smallest absolute Gasteiger partial charge is 0.287 e. The van der Waals surface area contributed by atoms with Crippen LogP contribution in [0.3, 0.4) is 0 Å². The second-order valence-corrected chi connectivity index (χ2v) is 6.71. The molecule has 0 saturated heterocycles. The van der Waals surface area contributed by atoms with E-state index >= 15 is 0 Å². The Hall–Kier alpha value is -3.09. The van der Waals surface area contributed by atoms with Crippen LogP contribution in [-0.2, 0) is 9.59 Å². The van der Waals surface area contributed by atoms with Crippen molar-refractivity contribution in [3.05, 3.63) is 53.5 Å². The highest BCUT2D eigenvalue weighted by Gasteiger charge is 2.25. The van der Waals surface area contributed by atoms with Gasteiger partial charge in [0, 0.05) is 5.69 Å². The second kappa shape index (κ2) is 9.02. The normalized spacial score (nSPS) is 11.7. The van der Waals surface area contributed by atoms with Gasteiger partial charge in [0.05, 0.1) is 12.8 Å². The predicted octanol–water partition coefficient (Wildman–Crippen LogP) is 2.41. The topological polar surface area (TPSA) is 100 Å². The van der Waals surface area contributed by atoms with Crippen molar-refractivity contribution in [2.45, 2.75) is 33.7 Å². The highest BCUT2D eigenvalue weighted by atomic mass is 16.3. The summed E-state index contributed by atoms with van der Waals surface area (Å²) in [4.78, 5) is 36.8. The number of hydrogen-bond acceptors (Lipinski definition) is 4. The lowest BCUT2D eigenvalue weighted by Gasteiger charge is -2.21. The Bertz CT molecular complexity index is 792. The van der Waals surface area contributed by atoms with E-state index in [1.807, 2.05) is 45.9 Å². The average molecular weight is 371 g/mol. The van der Waals surface area contributed by atoms with Crippen molar-refractivity contribution < 1.29 is 18.8 Å². The first-order chi connectivity index (χ1) is 12.8. The fourth-order valence-corrected chi connectivity index (χ4v) is 2.63. The Labute approximate surface area is 158 Å². The molecule has 1 aromatic carbocycles. The van der Waals surface area contributed by atoms with Crippen molar-refractivity contribution in [1.82, 2.24) is 10.6 Å². The van der Waals surface area contributed by atoms with Gasteiger partial charge in [-0.05, 0) is 43.0 Å². The van der Waals surface area contributed by atoms with Crippen LogP contribution in [0.4, 0.5) is 5.69 Å². The molecular weight excluding hydrogens is 346 g/mol. The third-order valence-electron chi connectivity index (χ3n) is 4.15. The van der Waals surface area contributed by atoms with Gasteiger partial charge in [0.15, 0.2) is 5.76 Å². The van der Waals surface area contributed by atoms with Crippen molar-refractivity contribution in [1.29, 1.82) is 0 Å². The molecule has 3 amide bonds. The molecule has 0 aliphatic rings. The molecule has 3 N–H and O–H groups in total. The number of aryl methyl sites for hydroxylation is 2. The van der Waals surface area contributed by atoms with Gasteiger partial charge in [-0.2, -0.15) is 0 Å². The zero-order chi connectivity index (χ0) is 20.0. The van der Waals surface area contributed by atoms with Crippen LogP contribution >= 0.6 is 0 Å². The number of furan rings is 1. The zero-order valence-corrected chi connectivity index (χ0v) is 16.0. The van der Waals surface area contributed by atoms with Crippen molar-refractivity contribution in [3.63, 3.8) is 0 Å². The number of benzene rings is 1. The van der Waals surface area contributed by atoms with E-state index < -0.39 is 17.9 Å². The van der Waals surface area contributed by atoms with Crippen LogP contribution in [0.25, 0.3) is 0 Å². The van der Waals surface area contributed by atoms with E-state index in [9.17, 15) is 14.4 Å². The van der Waals surface area contributed by atoms with Crippen LogP contribution < -0.4 is 16.0 Å². The maximum absolute atomic E-state index is 12.4. The predicted molar refractivity (Wildman–Crippen MR) is 102 cm³/mol. The first-order valence-electron chi connectivity index (χ1n) is 8.77. The largest absolute Gasteiger partial charge is 0.459 e. The van der Waals surface area contributed by atoms with E-state index in [-0.39, 0.29) is 24.1 Å². The third kappa shape index (κ3) is 5.44. The van der Waals surface area contributed by atoms with Crippen molar-refractivity contribution >= 4 is 23.4 Å². The molecule has 0 unspecified atom stereocenters. The summed E-state index contributed by atoms with van der Waals surface area (Å²) in [6.45, 7) is 7.24.